The zero-order valence-corrected chi connectivity index (χ0v) is 16.5. The summed E-state index contributed by atoms with van der Waals surface area (Å²) in [5, 5.41) is 2.74. The molecule has 0 unspecified atom stereocenters. The molecule has 0 radical (unpaired) electrons. The molecule has 1 saturated heterocycles. The molecule has 1 heterocycles. The number of carbonyl (C=O) groups excluding carboxylic acids is 2. The van der Waals surface area contributed by atoms with Crippen LogP contribution in [-0.2, 0) is 14.6 Å². The van der Waals surface area contributed by atoms with Crippen molar-refractivity contribution in [2.75, 3.05) is 24.7 Å². The summed E-state index contributed by atoms with van der Waals surface area (Å²) in [6.07, 6.45) is 1.91. The van der Waals surface area contributed by atoms with Gasteiger partial charge in [-0.05, 0) is 49.2 Å². The Kier molecular flexibility index (Phi) is 5.97. The fraction of sp³-hybridized carbons (Fsp3) is 0.300. The fourth-order valence-electron chi connectivity index (χ4n) is 3.21. The van der Waals surface area contributed by atoms with Crippen LogP contribution in [0, 0.1) is 17.6 Å². The molecule has 9 heteroatoms. The van der Waals surface area contributed by atoms with Crippen LogP contribution in [0.5, 0.6) is 0 Å². The van der Waals surface area contributed by atoms with Crippen molar-refractivity contribution in [2.45, 2.75) is 17.7 Å². The van der Waals surface area contributed by atoms with E-state index >= 15 is 0 Å². The molecule has 1 aliphatic rings. The maximum absolute atomic E-state index is 13.8. The van der Waals surface area contributed by atoms with Gasteiger partial charge in [0.05, 0.1) is 10.5 Å². The molecular formula is C20H20F2N2O4S. The van der Waals surface area contributed by atoms with Crippen LogP contribution in [-0.4, -0.2) is 44.5 Å². The third-order valence-corrected chi connectivity index (χ3v) is 5.99. The van der Waals surface area contributed by atoms with E-state index in [9.17, 15) is 26.8 Å². The lowest BCUT2D eigenvalue weighted by atomic mass is 9.95. The first-order valence-electron chi connectivity index (χ1n) is 9.00. The Bertz CT molecular complexity index is 1030. The van der Waals surface area contributed by atoms with E-state index in [0.717, 1.165) is 18.4 Å². The number of likely N-dealkylation sites (tertiary alicyclic amines) is 1. The van der Waals surface area contributed by atoms with Gasteiger partial charge >= 0.3 is 0 Å². The number of amides is 2. The quantitative estimate of drug-likeness (QED) is 0.821. The molecule has 0 aliphatic carbocycles. The average molecular weight is 422 g/mol. The number of rotatable bonds is 4. The van der Waals surface area contributed by atoms with Crippen LogP contribution in [0.2, 0.25) is 0 Å². The zero-order valence-electron chi connectivity index (χ0n) is 15.7. The van der Waals surface area contributed by atoms with Gasteiger partial charge in [-0.25, -0.2) is 17.2 Å². The summed E-state index contributed by atoms with van der Waals surface area (Å²) in [6, 6.07) is 8.70. The van der Waals surface area contributed by atoms with Crippen molar-refractivity contribution in [3.05, 3.63) is 59.7 Å². The Morgan fingerprint density at radius 2 is 1.66 bits per heavy atom. The lowest BCUT2D eigenvalue weighted by molar-refractivity contribution is -0.121. The highest BCUT2D eigenvalue weighted by Crippen LogP contribution is 2.22. The largest absolute Gasteiger partial charge is 0.339 e. The molecular weight excluding hydrogens is 402 g/mol. The summed E-state index contributed by atoms with van der Waals surface area (Å²) in [6.45, 7) is 0.557. The average Bonchev–Trinajstić information content (AvgIpc) is 2.67. The lowest BCUT2D eigenvalue weighted by Crippen LogP contribution is -2.41. The number of piperidine rings is 1. The van der Waals surface area contributed by atoms with Gasteiger partial charge in [0, 0.05) is 37.0 Å². The van der Waals surface area contributed by atoms with Crippen LogP contribution < -0.4 is 5.32 Å². The molecule has 1 N–H and O–H groups in total. The zero-order chi connectivity index (χ0) is 21.2. The molecule has 1 aliphatic heterocycles. The highest BCUT2D eigenvalue weighted by atomic mass is 32.2. The fourth-order valence-corrected chi connectivity index (χ4v) is 3.84. The van der Waals surface area contributed by atoms with Crippen molar-refractivity contribution in [3.63, 3.8) is 0 Å². The van der Waals surface area contributed by atoms with Crippen molar-refractivity contribution in [1.82, 2.24) is 4.90 Å². The number of halogens is 2. The first-order chi connectivity index (χ1) is 13.6. The Balaban J connectivity index is 1.57. The second kappa shape index (κ2) is 8.28. The van der Waals surface area contributed by atoms with E-state index in [1.165, 1.54) is 29.2 Å². The van der Waals surface area contributed by atoms with Gasteiger partial charge in [-0.1, -0.05) is 0 Å². The summed E-state index contributed by atoms with van der Waals surface area (Å²) < 4.78 is 49.8. The van der Waals surface area contributed by atoms with Crippen LogP contribution in [0.4, 0.5) is 14.5 Å². The van der Waals surface area contributed by atoms with Crippen LogP contribution in [0.1, 0.15) is 23.2 Å². The summed E-state index contributed by atoms with van der Waals surface area (Å²) in [7, 11) is -3.31. The summed E-state index contributed by atoms with van der Waals surface area (Å²) >= 11 is 0. The predicted molar refractivity (Wildman–Crippen MR) is 103 cm³/mol. The maximum atomic E-state index is 13.8. The summed E-state index contributed by atoms with van der Waals surface area (Å²) in [5.41, 5.74) is 0.287. The van der Waals surface area contributed by atoms with Gasteiger partial charge in [-0.2, -0.15) is 0 Å². The molecule has 2 aromatic rings. The normalized spacial score (nSPS) is 15.2. The predicted octanol–water partition coefficient (Wildman–Crippen LogP) is 2.86. The molecule has 0 spiro atoms. The molecule has 2 amide bonds. The van der Waals surface area contributed by atoms with Gasteiger partial charge in [0.2, 0.25) is 5.91 Å². The SMILES string of the molecule is CS(=O)(=O)c1ccc(NC(=O)C2CCN(C(=O)c3ccc(F)cc3F)CC2)cc1. The number of anilines is 1. The maximum Gasteiger partial charge on any atom is 0.256 e. The minimum Gasteiger partial charge on any atom is -0.339 e. The highest BCUT2D eigenvalue weighted by Gasteiger charge is 2.29. The Hall–Kier alpha value is -2.81. The topological polar surface area (TPSA) is 83.6 Å². The minimum absolute atomic E-state index is 0.162. The van der Waals surface area contributed by atoms with Crippen molar-refractivity contribution >= 4 is 27.3 Å². The Labute approximate surface area is 167 Å². The Morgan fingerprint density at radius 1 is 1.03 bits per heavy atom. The number of hydrogen-bond donors (Lipinski definition) is 1. The second-order valence-electron chi connectivity index (χ2n) is 6.98. The first kappa shape index (κ1) is 20.9. The van der Waals surface area contributed by atoms with E-state index in [2.05, 4.69) is 5.32 Å². The smallest absolute Gasteiger partial charge is 0.256 e. The van der Waals surface area contributed by atoms with E-state index < -0.39 is 27.4 Å². The van der Waals surface area contributed by atoms with Crippen LogP contribution in [0.15, 0.2) is 47.4 Å². The summed E-state index contributed by atoms with van der Waals surface area (Å²) in [4.78, 5) is 26.5. The standard InChI is InChI=1S/C20H20F2N2O4S/c1-29(27,28)16-5-3-15(4-6-16)23-19(25)13-8-10-24(11-9-13)20(26)17-7-2-14(21)12-18(17)22/h2-7,12-13H,8-11H2,1H3,(H,23,25). The minimum atomic E-state index is -3.31. The molecule has 29 heavy (non-hydrogen) atoms. The molecule has 0 aromatic heterocycles. The molecule has 3 rings (SSSR count). The molecule has 0 saturated carbocycles. The van der Waals surface area contributed by atoms with Gasteiger partial charge in [0.15, 0.2) is 9.84 Å². The van der Waals surface area contributed by atoms with Crippen LogP contribution in [0.3, 0.4) is 0 Å². The van der Waals surface area contributed by atoms with E-state index in [4.69, 9.17) is 0 Å². The first-order valence-corrected chi connectivity index (χ1v) is 10.9. The second-order valence-corrected chi connectivity index (χ2v) is 8.99. The van der Waals surface area contributed by atoms with Gasteiger partial charge in [-0.3, -0.25) is 9.59 Å². The molecule has 0 atom stereocenters. The number of sulfone groups is 1. The number of nitrogens with zero attached hydrogens (tertiary/aromatic N) is 1. The van der Waals surface area contributed by atoms with Crippen molar-refractivity contribution < 1.29 is 26.8 Å². The number of nitrogens with one attached hydrogen (secondary N) is 1. The number of benzene rings is 2. The number of carbonyl (C=O) groups is 2. The van der Waals surface area contributed by atoms with Gasteiger partial charge in [0.1, 0.15) is 11.6 Å². The Morgan fingerprint density at radius 3 is 2.21 bits per heavy atom. The van der Waals surface area contributed by atoms with Crippen LogP contribution in [0.25, 0.3) is 0 Å². The van der Waals surface area contributed by atoms with E-state index in [0.29, 0.717) is 24.6 Å². The van der Waals surface area contributed by atoms with Crippen molar-refractivity contribution in [3.8, 4) is 0 Å². The van der Waals surface area contributed by atoms with Gasteiger partial charge in [0.25, 0.3) is 5.91 Å². The monoisotopic (exact) mass is 422 g/mol. The lowest BCUT2D eigenvalue weighted by Gasteiger charge is -2.31. The third-order valence-electron chi connectivity index (χ3n) is 4.86. The summed E-state index contributed by atoms with van der Waals surface area (Å²) in [5.74, 6) is -2.74. The van der Waals surface area contributed by atoms with Crippen molar-refractivity contribution in [1.29, 1.82) is 0 Å². The molecule has 6 nitrogen and oxygen atoms in total. The van der Waals surface area contributed by atoms with Crippen LogP contribution >= 0.6 is 0 Å². The molecule has 0 bridgehead atoms. The van der Waals surface area contributed by atoms with Gasteiger partial charge in [-0.15, -0.1) is 0 Å². The molecule has 154 valence electrons. The van der Waals surface area contributed by atoms with E-state index in [1.54, 1.807) is 0 Å². The van der Waals surface area contributed by atoms with E-state index in [1.807, 2.05) is 0 Å². The molecule has 1 fully saturated rings. The van der Waals surface area contributed by atoms with Gasteiger partial charge < -0.3 is 10.2 Å². The number of hydrogen-bond acceptors (Lipinski definition) is 4. The van der Waals surface area contributed by atoms with E-state index in [-0.39, 0.29) is 35.4 Å². The van der Waals surface area contributed by atoms with Crippen molar-refractivity contribution in [2.24, 2.45) is 5.92 Å². The molecule has 2 aromatic carbocycles. The highest BCUT2D eigenvalue weighted by molar-refractivity contribution is 7.90. The third kappa shape index (κ3) is 4.97.